The Bertz CT molecular complexity index is 358. The largest absolute Gasteiger partial charge is 0.355 e. The molecule has 0 saturated carbocycles. The lowest BCUT2D eigenvalue weighted by molar-refractivity contribution is 0.596. The molecule has 1 aromatic heterocycles. The number of pyridine rings is 1. The first kappa shape index (κ1) is 14.7. The van der Waals surface area contributed by atoms with Gasteiger partial charge in [0.2, 0.25) is 0 Å². The van der Waals surface area contributed by atoms with Gasteiger partial charge < -0.3 is 10.6 Å². The van der Waals surface area contributed by atoms with Crippen molar-refractivity contribution in [3.63, 3.8) is 0 Å². The topological polar surface area (TPSA) is 42.1 Å². The highest BCUT2D eigenvalue weighted by Crippen LogP contribution is 2.26. The molecular weight excluding hydrogens is 302 g/mol. The van der Waals surface area contributed by atoms with E-state index in [0.29, 0.717) is 17.5 Å². The smallest absolute Gasteiger partial charge is 0.147 e. The van der Waals surface area contributed by atoms with E-state index >= 15 is 0 Å². The van der Waals surface area contributed by atoms with Gasteiger partial charge in [-0.2, -0.15) is 0 Å². The summed E-state index contributed by atoms with van der Waals surface area (Å²) in [5.74, 6) is 1.41. The van der Waals surface area contributed by atoms with Gasteiger partial charge in [0.1, 0.15) is 5.82 Å². The van der Waals surface area contributed by atoms with E-state index in [1.54, 1.807) is 6.20 Å². The first-order chi connectivity index (χ1) is 8.04. The van der Waals surface area contributed by atoms with Gasteiger partial charge in [0.15, 0.2) is 0 Å². The third-order valence-electron chi connectivity index (χ3n) is 2.31. The zero-order valence-corrected chi connectivity index (χ0v) is 12.6. The Kier molecular flexibility index (Phi) is 6.23. The second-order valence-corrected chi connectivity index (χ2v) is 5.76. The minimum atomic E-state index is 0.564. The third-order valence-corrected chi connectivity index (χ3v) is 3.02. The van der Waals surface area contributed by atoms with Crippen LogP contribution in [0.1, 0.15) is 20.3 Å². The number of halogens is 2. The van der Waals surface area contributed by atoms with Gasteiger partial charge in [-0.3, -0.25) is 0 Å². The molecule has 0 spiro atoms. The van der Waals surface area contributed by atoms with Crippen molar-refractivity contribution in [2.24, 2.45) is 11.7 Å². The number of aromatic nitrogens is 1. The summed E-state index contributed by atoms with van der Waals surface area (Å²) in [6.45, 7) is 6.88. The lowest BCUT2D eigenvalue weighted by Gasteiger charge is -2.26. The Morgan fingerprint density at radius 3 is 2.76 bits per heavy atom. The zero-order chi connectivity index (χ0) is 12.8. The second kappa shape index (κ2) is 7.19. The highest BCUT2D eigenvalue weighted by Gasteiger charge is 2.13. The van der Waals surface area contributed by atoms with Crippen LogP contribution in [-0.4, -0.2) is 24.6 Å². The summed E-state index contributed by atoms with van der Waals surface area (Å²) in [5, 5.41) is 0.678. The average Bonchev–Trinajstić information content (AvgIpc) is 2.24. The molecular formula is C12H19BrClN3. The Labute approximate surface area is 116 Å². The molecule has 17 heavy (non-hydrogen) atoms. The van der Waals surface area contributed by atoms with Gasteiger partial charge in [-0.25, -0.2) is 4.98 Å². The SMILES string of the molecule is CC(C)CN(CCCN)c1ncc(Br)cc1Cl. The lowest BCUT2D eigenvalue weighted by atomic mass is 10.2. The van der Waals surface area contributed by atoms with Crippen LogP contribution in [-0.2, 0) is 0 Å². The zero-order valence-electron chi connectivity index (χ0n) is 10.3. The first-order valence-electron chi connectivity index (χ1n) is 5.80. The maximum atomic E-state index is 6.22. The van der Waals surface area contributed by atoms with Crippen molar-refractivity contribution in [1.29, 1.82) is 0 Å². The highest BCUT2D eigenvalue weighted by molar-refractivity contribution is 9.10. The molecule has 0 radical (unpaired) electrons. The van der Waals surface area contributed by atoms with Crippen molar-refractivity contribution in [2.45, 2.75) is 20.3 Å². The summed E-state index contributed by atoms with van der Waals surface area (Å²) in [6, 6.07) is 1.87. The normalized spacial score (nSPS) is 10.9. The van der Waals surface area contributed by atoms with Crippen molar-refractivity contribution in [2.75, 3.05) is 24.5 Å². The third kappa shape index (κ3) is 4.82. The number of nitrogens with two attached hydrogens (primary N) is 1. The lowest BCUT2D eigenvalue weighted by Crippen LogP contribution is -2.30. The van der Waals surface area contributed by atoms with Crippen LogP contribution in [0.25, 0.3) is 0 Å². The van der Waals surface area contributed by atoms with Gasteiger partial charge >= 0.3 is 0 Å². The standard InChI is InChI=1S/C12H19BrClN3/c1-9(2)8-17(5-3-4-15)12-11(14)6-10(13)7-16-12/h6-7,9H,3-5,8,15H2,1-2H3. The molecule has 0 unspecified atom stereocenters. The van der Waals surface area contributed by atoms with Crippen LogP contribution in [0.15, 0.2) is 16.7 Å². The summed E-state index contributed by atoms with van der Waals surface area (Å²) in [7, 11) is 0. The molecule has 5 heteroatoms. The van der Waals surface area contributed by atoms with Crippen molar-refractivity contribution >= 4 is 33.3 Å². The molecule has 0 aliphatic rings. The molecule has 0 aliphatic carbocycles. The van der Waals surface area contributed by atoms with E-state index in [2.05, 4.69) is 39.7 Å². The van der Waals surface area contributed by atoms with Crippen LogP contribution < -0.4 is 10.6 Å². The Morgan fingerprint density at radius 1 is 1.53 bits per heavy atom. The van der Waals surface area contributed by atoms with E-state index in [9.17, 15) is 0 Å². The van der Waals surface area contributed by atoms with E-state index in [1.165, 1.54) is 0 Å². The van der Waals surface area contributed by atoms with Gasteiger partial charge in [0, 0.05) is 23.8 Å². The molecule has 1 rings (SSSR count). The van der Waals surface area contributed by atoms with Gasteiger partial charge in [-0.15, -0.1) is 0 Å². The van der Waals surface area contributed by atoms with E-state index in [1.807, 2.05) is 6.07 Å². The molecule has 0 fully saturated rings. The Balaban J connectivity index is 2.86. The molecule has 0 bridgehead atoms. The quantitative estimate of drug-likeness (QED) is 0.874. The number of hydrogen-bond acceptors (Lipinski definition) is 3. The van der Waals surface area contributed by atoms with Crippen LogP contribution in [0.4, 0.5) is 5.82 Å². The fourth-order valence-electron chi connectivity index (χ4n) is 1.65. The van der Waals surface area contributed by atoms with Crippen molar-refractivity contribution < 1.29 is 0 Å². The van der Waals surface area contributed by atoms with E-state index in [4.69, 9.17) is 17.3 Å². The minimum absolute atomic E-state index is 0.564. The van der Waals surface area contributed by atoms with Crippen LogP contribution in [0.3, 0.4) is 0 Å². The van der Waals surface area contributed by atoms with E-state index in [-0.39, 0.29) is 0 Å². The Morgan fingerprint density at radius 2 is 2.24 bits per heavy atom. The fourth-order valence-corrected chi connectivity index (χ4v) is 2.40. The molecule has 0 aliphatic heterocycles. The predicted molar refractivity (Wildman–Crippen MR) is 77.7 cm³/mol. The van der Waals surface area contributed by atoms with Crippen LogP contribution >= 0.6 is 27.5 Å². The molecule has 1 aromatic rings. The van der Waals surface area contributed by atoms with Crippen molar-refractivity contribution in [1.82, 2.24) is 4.98 Å². The van der Waals surface area contributed by atoms with Crippen LogP contribution in [0.5, 0.6) is 0 Å². The van der Waals surface area contributed by atoms with Crippen LogP contribution in [0.2, 0.25) is 5.02 Å². The summed E-state index contributed by atoms with van der Waals surface area (Å²) >= 11 is 9.58. The maximum Gasteiger partial charge on any atom is 0.147 e. The van der Waals surface area contributed by atoms with Gasteiger partial charge in [0.05, 0.1) is 5.02 Å². The van der Waals surface area contributed by atoms with Gasteiger partial charge in [-0.1, -0.05) is 25.4 Å². The number of rotatable bonds is 6. The summed E-state index contributed by atoms with van der Waals surface area (Å²) in [4.78, 5) is 6.59. The summed E-state index contributed by atoms with van der Waals surface area (Å²) < 4.78 is 0.898. The molecule has 1 heterocycles. The summed E-state index contributed by atoms with van der Waals surface area (Å²) in [5.41, 5.74) is 5.56. The van der Waals surface area contributed by atoms with Gasteiger partial charge in [0.25, 0.3) is 0 Å². The molecule has 96 valence electrons. The van der Waals surface area contributed by atoms with Crippen molar-refractivity contribution in [3.05, 3.63) is 21.8 Å². The predicted octanol–water partition coefficient (Wildman–Crippen LogP) is 3.31. The number of hydrogen-bond donors (Lipinski definition) is 1. The molecule has 0 saturated heterocycles. The molecule has 0 atom stereocenters. The van der Waals surface area contributed by atoms with E-state index < -0.39 is 0 Å². The molecule has 3 nitrogen and oxygen atoms in total. The van der Waals surface area contributed by atoms with Gasteiger partial charge in [-0.05, 0) is 40.9 Å². The molecule has 0 aromatic carbocycles. The van der Waals surface area contributed by atoms with Crippen LogP contribution in [0, 0.1) is 5.92 Å². The average molecular weight is 321 g/mol. The first-order valence-corrected chi connectivity index (χ1v) is 6.97. The molecule has 0 amide bonds. The second-order valence-electron chi connectivity index (χ2n) is 4.44. The van der Waals surface area contributed by atoms with E-state index in [0.717, 1.165) is 29.8 Å². The number of nitrogens with zero attached hydrogens (tertiary/aromatic N) is 2. The Hall–Kier alpha value is -0.320. The highest BCUT2D eigenvalue weighted by atomic mass is 79.9. The monoisotopic (exact) mass is 319 g/mol. The summed E-state index contributed by atoms with van der Waals surface area (Å²) in [6.07, 6.45) is 2.72. The fraction of sp³-hybridized carbons (Fsp3) is 0.583. The number of anilines is 1. The molecule has 2 N–H and O–H groups in total. The maximum absolute atomic E-state index is 6.22. The van der Waals surface area contributed by atoms with Crippen molar-refractivity contribution in [3.8, 4) is 0 Å². The minimum Gasteiger partial charge on any atom is -0.355 e.